The van der Waals surface area contributed by atoms with Gasteiger partial charge in [-0.25, -0.2) is 0 Å². The first kappa shape index (κ1) is 14.5. The van der Waals surface area contributed by atoms with Crippen LogP contribution in [0.5, 0.6) is 0 Å². The fourth-order valence-corrected chi connectivity index (χ4v) is 3.05. The van der Waals surface area contributed by atoms with Crippen LogP contribution in [0.15, 0.2) is 30.3 Å². The highest BCUT2D eigenvalue weighted by atomic mass is 15.2. The molecule has 1 saturated heterocycles. The highest BCUT2D eigenvalue weighted by molar-refractivity contribution is 5.14. The molecule has 0 spiro atoms. The van der Waals surface area contributed by atoms with E-state index in [1.54, 1.807) is 0 Å². The molecule has 1 aliphatic heterocycles. The molecule has 2 rings (SSSR count). The lowest BCUT2D eigenvalue weighted by Crippen LogP contribution is -2.57. The second-order valence-electron chi connectivity index (χ2n) is 5.70. The van der Waals surface area contributed by atoms with Crippen LogP contribution in [0.2, 0.25) is 0 Å². The number of likely N-dealkylation sites (N-methyl/N-ethyl adjacent to an activating group) is 1. The lowest BCUT2D eigenvalue weighted by Gasteiger charge is -2.46. The highest BCUT2D eigenvalue weighted by Gasteiger charge is 2.36. The maximum atomic E-state index is 6.05. The molecule has 0 aliphatic carbocycles. The molecule has 1 heterocycles. The predicted octanol–water partition coefficient (Wildman–Crippen LogP) is 1.93. The van der Waals surface area contributed by atoms with Crippen molar-refractivity contribution >= 4 is 0 Å². The first-order valence-corrected chi connectivity index (χ1v) is 7.38. The Morgan fingerprint density at radius 3 is 2.37 bits per heavy atom. The van der Waals surface area contributed by atoms with Crippen molar-refractivity contribution in [1.82, 2.24) is 9.80 Å². The van der Waals surface area contributed by atoms with Crippen molar-refractivity contribution in [3.63, 3.8) is 0 Å². The van der Waals surface area contributed by atoms with E-state index in [0.29, 0.717) is 0 Å². The molecule has 2 N–H and O–H groups in total. The Balaban J connectivity index is 1.91. The SMILES string of the molecule is CCN(C)C1(CN)CCN(Cc2ccccc2)CC1. The van der Waals surface area contributed by atoms with Crippen molar-refractivity contribution in [2.24, 2.45) is 5.73 Å². The molecule has 0 radical (unpaired) electrons. The molecule has 106 valence electrons. The van der Waals surface area contributed by atoms with Crippen LogP contribution < -0.4 is 5.73 Å². The first-order valence-electron chi connectivity index (χ1n) is 7.38. The smallest absolute Gasteiger partial charge is 0.0352 e. The average molecular weight is 261 g/mol. The van der Waals surface area contributed by atoms with Gasteiger partial charge in [0.1, 0.15) is 0 Å². The number of benzene rings is 1. The van der Waals surface area contributed by atoms with Crippen LogP contribution in [0, 0.1) is 0 Å². The summed E-state index contributed by atoms with van der Waals surface area (Å²) in [7, 11) is 2.21. The van der Waals surface area contributed by atoms with E-state index >= 15 is 0 Å². The minimum absolute atomic E-state index is 0.224. The van der Waals surface area contributed by atoms with Gasteiger partial charge in [0.15, 0.2) is 0 Å². The summed E-state index contributed by atoms with van der Waals surface area (Å²) >= 11 is 0. The maximum Gasteiger partial charge on any atom is 0.0352 e. The van der Waals surface area contributed by atoms with Gasteiger partial charge in [0.2, 0.25) is 0 Å². The third-order valence-electron chi connectivity index (χ3n) is 4.70. The first-order chi connectivity index (χ1) is 9.20. The topological polar surface area (TPSA) is 32.5 Å². The Bertz CT molecular complexity index is 369. The molecule has 19 heavy (non-hydrogen) atoms. The van der Waals surface area contributed by atoms with E-state index in [2.05, 4.69) is 54.1 Å². The van der Waals surface area contributed by atoms with Gasteiger partial charge in [-0.2, -0.15) is 0 Å². The molecule has 3 nitrogen and oxygen atoms in total. The standard InChI is InChI=1S/C16H27N3/c1-3-18(2)16(14-17)9-11-19(12-10-16)13-15-7-5-4-6-8-15/h4-8H,3,9-14,17H2,1-2H3. The normalized spacial score (nSPS) is 19.8. The second-order valence-corrected chi connectivity index (χ2v) is 5.70. The second kappa shape index (κ2) is 6.51. The fraction of sp³-hybridized carbons (Fsp3) is 0.625. The minimum Gasteiger partial charge on any atom is -0.329 e. The molecule has 1 aromatic rings. The summed E-state index contributed by atoms with van der Waals surface area (Å²) in [6, 6.07) is 10.7. The third-order valence-corrected chi connectivity index (χ3v) is 4.70. The van der Waals surface area contributed by atoms with E-state index in [1.165, 1.54) is 18.4 Å². The molecule has 0 aromatic heterocycles. The van der Waals surface area contributed by atoms with Gasteiger partial charge in [0.05, 0.1) is 0 Å². The van der Waals surface area contributed by atoms with Crippen molar-refractivity contribution in [2.45, 2.75) is 31.8 Å². The number of piperidine rings is 1. The summed E-state index contributed by atoms with van der Waals surface area (Å²) < 4.78 is 0. The average Bonchev–Trinajstić information content (AvgIpc) is 2.48. The number of hydrogen-bond donors (Lipinski definition) is 1. The summed E-state index contributed by atoms with van der Waals surface area (Å²) in [5, 5.41) is 0. The molecule has 0 saturated carbocycles. The van der Waals surface area contributed by atoms with E-state index < -0.39 is 0 Å². The van der Waals surface area contributed by atoms with Crippen LogP contribution in [0.3, 0.4) is 0 Å². The molecule has 1 aromatic carbocycles. The van der Waals surface area contributed by atoms with Gasteiger partial charge in [0, 0.05) is 31.7 Å². The Labute approximate surface area is 117 Å². The highest BCUT2D eigenvalue weighted by Crippen LogP contribution is 2.27. The molecule has 0 bridgehead atoms. The zero-order valence-corrected chi connectivity index (χ0v) is 12.3. The molecule has 1 fully saturated rings. The zero-order chi connectivity index (χ0) is 13.7. The van der Waals surface area contributed by atoms with E-state index in [4.69, 9.17) is 5.73 Å². The Morgan fingerprint density at radius 1 is 1.21 bits per heavy atom. The van der Waals surface area contributed by atoms with Gasteiger partial charge < -0.3 is 5.73 Å². The van der Waals surface area contributed by atoms with Crippen molar-refractivity contribution in [3.8, 4) is 0 Å². The maximum absolute atomic E-state index is 6.05. The van der Waals surface area contributed by atoms with Gasteiger partial charge in [-0.05, 0) is 32.0 Å². The zero-order valence-electron chi connectivity index (χ0n) is 12.3. The monoisotopic (exact) mass is 261 g/mol. The van der Waals surface area contributed by atoms with Crippen LogP contribution in [-0.2, 0) is 6.54 Å². The predicted molar refractivity (Wildman–Crippen MR) is 81.0 cm³/mol. The molecular formula is C16H27N3. The van der Waals surface area contributed by atoms with Crippen LogP contribution >= 0.6 is 0 Å². The van der Waals surface area contributed by atoms with Gasteiger partial charge in [0.25, 0.3) is 0 Å². The third kappa shape index (κ3) is 3.35. The van der Waals surface area contributed by atoms with Crippen molar-refractivity contribution in [1.29, 1.82) is 0 Å². The summed E-state index contributed by atoms with van der Waals surface area (Å²) in [6.45, 7) is 7.43. The number of likely N-dealkylation sites (tertiary alicyclic amines) is 1. The summed E-state index contributed by atoms with van der Waals surface area (Å²) in [5.74, 6) is 0. The van der Waals surface area contributed by atoms with Crippen LogP contribution in [0.1, 0.15) is 25.3 Å². The quantitative estimate of drug-likeness (QED) is 0.879. The number of nitrogens with two attached hydrogens (primary N) is 1. The molecule has 0 unspecified atom stereocenters. The van der Waals surface area contributed by atoms with Gasteiger partial charge in [-0.1, -0.05) is 37.3 Å². The largest absolute Gasteiger partial charge is 0.329 e. The number of nitrogens with zero attached hydrogens (tertiary/aromatic N) is 2. The summed E-state index contributed by atoms with van der Waals surface area (Å²) in [6.07, 6.45) is 2.36. The Hall–Kier alpha value is -0.900. The fourth-order valence-electron chi connectivity index (χ4n) is 3.05. The van der Waals surface area contributed by atoms with Crippen LogP contribution in [-0.4, -0.2) is 48.6 Å². The van der Waals surface area contributed by atoms with E-state index in [1.807, 2.05) is 0 Å². The van der Waals surface area contributed by atoms with Crippen LogP contribution in [0.4, 0.5) is 0 Å². The van der Waals surface area contributed by atoms with Crippen molar-refractivity contribution < 1.29 is 0 Å². The van der Waals surface area contributed by atoms with Crippen molar-refractivity contribution in [3.05, 3.63) is 35.9 Å². The van der Waals surface area contributed by atoms with Crippen LogP contribution in [0.25, 0.3) is 0 Å². The Kier molecular flexibility index (Phi) is 4.97. The number of rotatable bonds is 5. The summed E-state index contributed by atoms with van der Waals surface area (Å²) in [4.78, 5) is 4.99. The van der Waals surface area contributed by atoms with E-state index in [0.717, 1.165) is 32.7 Å². The van der Waals surface area contributed by atoms with Gasteiger partial charge >= 0.3 is 0 Å². The lowest BCUT2D eigenvalue weighted by molar-refractivity contribution is 0.0461. The minimum atomic E-state index is 0.224. The summed E-state index contributed by atoms with van der Waals surface area (Å²) in [5.41, 5.74) is 7.69. The number of hydrogen-bond acceptors (Lipinski definition) is 3. The Morgan fingerprint density at radius 2 is 1.84 bits per heavy atom. The molecule has 0 amide bonds. The van der Waals surface area contributed by atoms with Gasteiger partial charge in [-0.15, -0.1) is 0 Å². The van der Waals surface area contributed by atoms with E-state index in [-0.39, 0.29) is 5.54 Å². The van der Waals surface area contributed by atoms with Crippen molar-refractivity contribution in [2.75, 3.05) is 33.2 Å². The molecule has 0 atom stereocenters. The lowest BCUT2D eigenvalue weighted by atomic mass is 9.86. The molecular weight excluding hydrogens is 234 g/mol. The van der Waals surface area contributed by atoms with E-state index in [9.17, 15) is 0 Å². The molecule has 3 heteroatoms. The molecule has 1 aliphatic rings. The van der Waals surface area contributed by atoms with Gasteiger partial charge in [-0.3, -0.25) is 9.80 Å².